The molecule has 1 rings (SSSR count). The lowest BCUT2D eigenvalue weighted by molar-refractivity contribution is 0.103. The number of nitriles is 1. The maximum Gasteiger partial charge on any atom is 0.204 e. The summed E-state index contributed by atoms with van der Waals surface area (Å²) in [5.41, 5.74) is 1.85. The molecule has 19 heavy (non-hydrogen) atoms. The Morgan fingerprint density at radius 3 is 2.26 bits per heavy atom. The van der Waals surface area contributed by atoms with Crippen molar-refractivity contribution in [1.29, 1.82) is 5.26 Å². The number of hydrogen-bond donors (Lipinski definition) is 0. The van der Waals surface area contributed by atoms with Crippen molar-refractivity contribution in [2.45, 2.75) is 39.5 Å². The van der Waals surface area contributed by atoms with Crippen LogP contribution >= 0.6 is 15.9 Å². The predicted octanol–water partition coefficient (Wildman–Crippen LogP) is 5.05. The summed E-state index contributed by atoms with van der Waals surface area (Å²) >= 11 is 3.37. The van der Waals surface area contributed by atoms with Crippen LogP contribution in [0.2, 0.25) is 0 Å². The van der Waals surface area contributed by atoms with E-state index in [1.165, 1.54) is 0 Å². The average Bonchev–Trinajstić information content (AvgIpc) is 2.40. The molecular weight excluding hydrogens is 302 g/mol. The highest BCUT2D eigenvalue weighted by Gasteiger charge is 2.18. The minimum Gasteiger partial charge on any atom is -0.288 e. The Balaban J connectivity index is 3.22. The molecule has 0 aliphatic heterocycles. The van der Waals surface area contributed by atoms with Gasteiger partial charge in [0.25, 0.3) is 0 Å². The first-order chi connectivity index (χ1) is 9.15. The Bertz CT molecular complexity index is 518. The first-order valence-corrected chi connectivity index (χ1v) is 7.36. The molecule has 0 saturated carbocycles. The lowest BCUT2D eigenvalue weighted by Gasteiger charge is -2.09. The molecule has 0 aliphatic rings. The summed E-state index contributed by atoms with van der Waals surface area (Å²) in [7, 11) is 0. The smallest absolute Gasteiger partial charge is 0.204 e. The van der Waals surface area contributed by atoms with Crippen LogP contribution in [0.1, 0.15) is 49.9 Å². The van der Waals surface area contributed by atoms with Gasteiger partial charge in [-0.05, 0) is 30.5 Å². The lowest BCUT2D eigenvalue weighted by atomic mass is 9.94. The van der Waals surface area contributed by atoms with E-state index in [1.54, 1.807) is 6.07 Å². The van der Waals surface area contributed by atoms with E-state index in [0.717, 1.165) is 35.7 Å². The first-order valence-electron chi connectivity index (χ1n) is 6.57. The second kappa shape index (κ2) is 7.91. The van der Waals surface area contributed by atoms with Gasteiger partial charge < -0.3 is 0 Å². The first kappa shape index (κ1) is 15.7. The Kier molecular flexibility index (Phi) is 6.52. The number of carbonyl (C=O) groups excluding carboxylic acids is 1. The molecule has 0 spiro atoms. The molecule has 0 amide bonds. The zero-order chi connectivity index (χ0) is 14.3. The molecule has 0 unspecified atom stereocenters. The van der Waals surface area contributed by atoms with Gasteiger partial charge in [-0.15, -0.1) is 0 Å². The number of Topliss-reactive ketones (excluding diaryl/α,β-unsaturated/α-hetero) is 1. The van der Waals surface area contributed by atoms with Gasteiger partial charge in [0, 0.05) is 10.0 Å². The number of carbonyl (C=O) groups is 1. The molecule has 0 heterocycles. The predicted molar refractivity (Wildman–Crippen MR) is 80.9 cm³/mol. The lowest BCUT2D eigenvalue weighted by Crippen LogP contribution is -2.06. The molecule has 0 aromatic heterocycles. The highest BCUT2D eigenvalue weighted by atomic mass is 79.9. The van der Waals surface area contributed by atoms with E-state index in [4.69, 9.17) is 0 Å². The van der Waals surface area contributed by atoms with Crippen LogP contribution in [0.15, 0.2) is 39.9 Å². The molecule has 0 aliphatic carbocycles. The monoisotopic (exact) mass is 319 g/mol. The number of allylic oxidation sites excluding steroid dienone is 2. The van der Waals surface area contributed by atoms with Crippen molar-refractivity contribution in [2.24, 2.45) is 0 Å². The second-order valence-corrected chi connectivity index (χ2v) is 5.25. The molecule has 1 aromatic carbocycles. The molecule has 100 valence electrons. The number of nitrogens with zero attached hydrogens (tertiary/aromatic N) is 1. The van der Waals surface area contributed by atoms with Crippen molar-refractivity contribution in [1.82, 2.24) is 0 Å². The van der Waals surface area contributed by atoms with Crippen LogP contribution in [-0.4, -0.2) is 5.78 Å². The molecule has 0 atom stereocenters. The molecule has 0 bridgehead atoms. The number of benzene rings is 1. The quantitative estimate of drug-likeness (QED) is 0.418. The minimum atomic E-state index is -0.174. The van der Waals surface area contributed by atoms with Crippen LogP contribution in [0.25, 0.3) is 0 Å². The summed E-state index contributed by atoms with van der Waals surface area (Å²) in [6.45, 7) is 4.13. The van der Waals surface area contributed by atoms with Crippen LogP contribution in [-0.2, 0) is 0 Å². The zero-order valence-corrected chi connectivity index (χ0v) is 13.0. The van der Waals surface area contributed by atoms with E-state index in [-0.39, 0.29) is 5.78 Å². The van der Waals surface area contributed by atoms with Crippen molar-refractivity contribution in [2.75, 3.05) is 0 Å². The highest BCUT2D eigenvalue weighted by molar-refractivity contribution is 9.10. The van der Waals surface area contributed by atoms with Gasteiger partial charge in [-0.2, -0.15) is 5.26 Å². The van der Waals surface area contributed by atoms with Crippen molar-refractivity contribution in [3.8, 4) is 6.07 Å². The maximum absolute atomic E-state index is 12.5. The van der Waals surface area contributed by atoms with E-state index in [1.807, 2.05) is 18.2 Å². The molecule has 0 radical (unpaired) electrons. The standard InChI is InChI=1S/C16H18BrNO/c1-3-7-12(8-4-2)14(11-18)16(19)13-9-5-6-10-15(13)17/h5-6,9-10H,3-4,7-8H2,1-2H3. The van der Waals surface area contributed by atoms with Crippen LogP contribution in [0, 0.1) is 11.3 Å². The number of halogens is 1. The number of ketones is 1. The Morgan fingerprint density at radius 2 is 1.79 bits per heavy atom. The summed E-state index contributed by atoms with van der Waals surface area (Å²) in [4.78, 5) is 12.5. The number of rotatable bonds is 6. The van der Waals surface area contributed by atoms with Crippen molar-refractivity contribution < 1.29 is 4.79 Å². The molecule has 3 heteroatoms. The van der Waals surface area contributed by atoms with Gasteiger partial charge in [-0.1, -0.05) is 54.8 Å². The Labute approximate surface area is 123 Å². The van der Waals surface area contributed by atoms with Gasteiger partial charge in [0.05, 0.1) is 5.57 Å². The third-order valence-electron chi connectivity index (χ3n) is 2.91. The molecule has 2 nitrogen and oxygen atoms in total. The molecule has 0 N–H and O–H groups in total. The van der Waals surface area contributed by atoms with Gasteiger partial charge >= 0.3 is 0 Å². The fourth-order valence-electron chi connectivity index (χ4n) is 2.05. The Morgan fingerprint density at radius 1 is 1.21 bits per heavy atom. The van der Waals surface area contributed by atoms with Gasteiger partial charge in [-0.3, -0.25) is 4.79 Å². The second-order valence-electron chi connectivity index (χ2n) is 4.40. The average molecular weight is 320 g/mol. The minimum absolute atomic E-state index is 0.174. The SMILES string of the molecule is CCCC(CCC)=C(C#N)C(=O)c1ccccc1Br. The van der Waals surface area contributed by atoms with Crippen molar-refractivity contribution in [3.63, 3.8) is 0 Å². The zero-order valence-electron chi connectivity index (χ0n) is 11.4. The van der Waals surface area contributed by atoms with Crippen LogP contribution in [0.4, 0.5) is 0 Å². The molecule has 0 saturated heterocycles. The van der Waals surface area contributed by atoms with Crippen LogP contribution in [0.5, 0.6) is 0 Å². The third-order valence-corrected chi connectivity index (χ3v) is 3.61. The largest absolute Gasteiger partial charge is 0.288 e. The van der Waals surface area contributed by atoms with Crippen LogP contribution < -0.4 is 0 Å². The van der Waals surface area contributed by atoms with Crippen molar-refractivity contribution >= 4 is 21.7 Å². The van der Waals surface area contributed by atoms with E-state index in [9.17, 15) is 10.1 Å². The summed E-state index contributed by atoms with van der Waals surface area (Å²) in [6, 6.07) is 9.35. The Hall–Kier alpha value is -1.40. The molecule has 1 aromatic rings. The highest BCUT2D eigenvalue weighted by Crippen LogP contribution is 2.24. The van der Waals surface area contributed by atoms with Gasteiger partial charge in [0.15, 0.2) is 0 Å². The summed E-state index contributed by atoms with van der Waals surface area (Å²) < 4.78 is 0.736. The summed E-state index contributed by atoms with van der Waals surface area (Å²) in [6.07, 6.45) is 3.52. The van der Waals surface area contributed by atoms with Gasteiger partial charge in [0.1, 0.15) is 6.07 Å². The van der Waals surface area contributed by atoms with E-state index < -0.39 is 0 Å². The van der Waals surface area contributed by atoms with Gasteiger partial charge in [-0.25, -0.2) is 0 Å². The maximum atomic E-state index is 12.5. The van der Waals surface area contributed by atoms with Crippen molar-refractivity contribution in [3.05, 3.63) is 45.4 Å². The topological polar surface area (TPSA) is 40.9 Å². The normalized spacial score (nSPS) is 9.79. The number of hydrogen-bond acceptors (Lipinski definition) is 2. The summed E-state index contributed by atoms with van der Waals surface area (Å²) in [5, 5.41) is 9.33. The molecular formula is C16H18BrNO. The van der Waals surface area contributed by atoms with E-state index in [0.29, 0.717) is 11.1 Å². The summed E-state index contributed by atoms with van der Waals surface area (Å²) in [5.74, 6) is -0.174. The van der Waals surface area contributed by atoms with Gasteiger partial charge in [0.2, 0.25) is 5.78 Å². The van der Waals surface area contributed by atoms with E-state index in [2.05, 4.69) is 35.8 Å². The third kappa shape index (κ3) is 4.04. The van der Waals surface area contributed by atoms with Crippen LogP contribution in [0.3, 0.4) is 0 Å². The fraction of sp³-hybridized carbons (Fsp3) is 0.375. The molecule has 0 fully saturated rings. The fourth-order valence-corrected chi connectivity index (χ4v) is 2.51. The van der Waals surface area contributed by atoms with E-state index >= 15 is 0 Å².